The number of nitrogens with one attached hydrogen (secondary N) is 1. The number of aryl methyl sites for hydroxylation is 1. The molecule has 9 heteroatoms. The summed E-state index contributed by atoms with van der Waals surface area (Å²) < 4.78 is 7.22. The van der Waals surface area contributed by atoms with Crippen LogP contribution in [-0.2, 0) is 16.1 Å². The summed E-state index contributed by atoms with van der Waals surface area (Å²) in [4.78, 5) is 44.6. The second kappa shape index (κ2) is 9.63. The Kier molecular flexibility index (Phi) is 6.94. The smallest absolute Gasteiger partial charge is 0.410 e. The van der Waals surface area contributed by atoms with Gasteiger partial charge in [-0.1, -0.05) is 6.07 Å². The predicted octanol–water partition coefficient (Wildman–Crippen LogP) is 2.60. The van der Waals surface area contributed by atoms with Crippen molar-refractivity contribution in [3.8, 4) is 0 Å². The molecule has 3 rings (SSSR count). The van der Waals surface area contributed by atoms with Crippen molar-refractivity contribution < 1.29 is 19.1 Å². The molecule has 0 atom stereocenters. The number of amides is 3. The van der Waals surface area contributed by atoms with Crippen molar-refractivity contribution in [2.24, 2.45) is 0 Å². The van der Waals surface area contributed by atoms with Crippen LogP contribution < -0.4 is 5.32 Å². The number of carbonyl (C=O) groups is 3. The molecule has 1 aliphatic heterocycles. The number of benzene rings is 1. The van der Waals surface area contributed by atoms with Crippen LogP contribution >= 0.6 is 0 Å². The number of hydrogen-bond acceptors (Lipinski definition) is 5. The lowest BCUT2D eigenvalue weighted by atomic mass is 10.1. The molecule has 0 unspecified atom stereocenters. The van der Waals surface area contributed by atoms with Crippen molar-refractivity contribution in [1.82, 2.24) is 19.4 Å². The van der Waals surface area contributed by atoms with Gasteiger partial charge in [0.25, 0.3) is 5.91 Å². The zero-order valence-corrected chi connectivity index (χ0v) is 18.2. The first-order valence-corrected chi connectivity index (χ1v) is 10.3. The second-order valence-electron chi connectivity index (χ2n) is 8.44. The number of nitrogens with zero attached hydrogens (tertiary/aromatic N) is 4. The van der Waals surface area contributed by atoms with E-state index in [1.165, 1.54) is 0 Å². The molecule has 2 heterocycles. The lowest BCUT2D eigenvalue weighted by molar-refractivity contribution is -0.116. The summed E-state index contributed by atoms with van der Waals surface area (Å²) in [6, 6.07) is 6.91. The maximum Gasteiger partial charge on any atom is 0.410 e. The van der Waals surface area contributed by atoms with E-state index in [1.807, 2.05) is 25.3 Å². The van der Waals surface area contributed by atoms with Gasteiger partial charge in [0, 0.05) is 62.8 Å². The molecule has 0 bridgehead atoms. The van der Waals surface area contributed by atoms with Crippen LogP contribution in [0.15, 0.2) is 43.0 Å². The molecule has 0 aliphatic carbocycles. The summed E-state index contributed by atoms with van der Waals surface area (Å²) in [6.07, 6.45) is 5.08. The number of hydrogen-bond donors (Lipinski definition) is 1. The standard InChI is InChI=1S/C22H29N5O4/c1-22(2,3)31-21(30)27-13-11-26(12-14-27)20(29)17-5-4-6-18(15-17)24-19(28)7-9-25-10-8-23-16-25/h4-6,8,10,15-16H,7,9,11-14H2,1-3H3,(H,24,28). The predicted molar refractivity (Wildman–Crippen MR) is 116 cm³/mol. The number of piperazine rings is 1. The maximum atomic E-state index is 12.9. The Labute approximate surface area is 182 Å². The highest BCUT2D eigenvalue weighted by atomic mass is 16.6. The number of carbonyl (C=O) groups excluding carboxylic acids is 3. The molecule has 3 amide bonds. The fourth-order valence-corrected chi connectivity index (χ4v) is 3.20. The van der Waals surface area contributed by atoms with Crippen LogP contribution in [0.25, 0.3) is 0 Å². The average Bonchev–Trinajstić information content (AvgIpc) is 3.24. The van der Waals surface area contributed by atoms with Crippen LogP contribution in [0, 0.1) is 0 Å². The fourth-order valence-electron chi connectivity index (χ4n) is 3.20. The first kappa shape index (κ1) is 22.3. The van der Waals surface area contributed by atoms with Gasteiger partial charge in [-0.25, -0.2) is 9.78 Å². The van der Waals surface area contributed by atoms with Crippen LogP contribution in [-0.4, -0.2) is 69.0 Å². The highest BCUT2D eigenvalue weighted by molar-refractivity contribution is 5.97. The van der Waals surface area contributed by atoms with E-state index in [9.17, 15) is 14.4 Å². The number of rotatable bonds is 5. The molecule has 31 heavy (non-hydrogen) atoms. The minimum absolute atomic E-state index is 0.127. The minimum atomic E-state index is -0.548. The van der Waals surface area contributed by atoms with Gasteiger partial charge in [0.2, 0.25) is 5.91 Å². The first-order valence-electron chi connectivity index (χ1n) is 10.3. The van der Waals surface area contributed by atoms with E-state index in [-0.39, 0.29) is 17.9 Å². The molecular weight excluding hydrogens is 398 g/mol. The molecule has 1 N–H and O–H groups in total. The highest BCUT2D eigenvalue weighted by Crippen LogP contribution is 2.16. The lowest BCUT2D eigenvalue weighted by Crippen LogP contribution is -2.51. The largest absolute Gasteiger partial charge is 0.444 e. The van der Waals surface area contributed by atoms with E-state index in [0.717, 1.165) is 0 Å². The molecule has 1 aromatic carbocycles. The Morgan fingerprint density at radius 3 is 2.45 bits per heavy atom. The monoisotopic (exact) mass is 427 g/mol. The van der Waals surface area contributed by atoms with Gasteiger partial charge in [-0.05, 0) is 39.0 Å². The van der Waals surface area contributed by atoms with Gasteiger partial charge in [0.05, 0.1) is 6.33 Å². The van der Waals surface area contributed by atoms with Gasteiger partial charge in [0.15, 0.2) is 0 Å². The van der Waals surface area contributed by atoms with E-state index in [4.69, 9.17) is 4.74 Å². The number of aromatic nitrogens is 2. The third kappa shape index (κ3) is 6.56. The minimum Gasteiger partial charge on any atom is -0.444 e. The molecule has 0 radical (unpaired) electrons. The van der Waals surface area contributed by atoms with Crippen molar-refractivity contribution in [2.75, 3.05) is 31.5 Å². The molecule has 1 aliphatic rings. The Bertz CT molecular complexity index is 912. The summed E-state index contributed by atoms with van der Waals surface area (Å²) >= 11 is 0. The second-order valence-corrected chi connectivity index (χ2v) is 8.44. The average molecular weight is 428 g/mol. The van der Waals surface area contributed by atoms with E-state index in [1.54, 1.807) is 52.8 Å². The number of imidazole rings is 1. The summed E-state index contributed by atoms with van der Waals surface area (Å²) in [7, 11) is 0. The van der Waals surface area contributed by atoms with Crippen molar-refractivity contribution in [1.29, 1.82) is 0 Å². The topological polar surface area (TPSA) is 96.8 Å². The Morgan fingerprint density at radius 1 is 1.10 bits per heavy atom. The maximum absolute atomic E-state index is 12.9. The molecule has 1 saturated heterocycles. The van der Waals surface area contributed by atoms with Crippen LogP contribution in [0.3, 0.4) is 0 Å². The van der Waals surface area contributed by atoms with Crippen molar-refractivity contribution in [2.45, 2.75) is 39.3 Å². The molecule has 0 spiro atoms. The molecule has 166 valence electrons. The van der Waals surface area contributed by atoms with Gasteiger partial charge < -0.3 is 24.4 Å². The van der Waals surface area contributed by atoms with Gasteiger partial charge in [0.1, 0.15) is 5.60 Å². The molecule has 9 nitrogen and oxygen atoms in total. The number of ether oxygens (including phenoxy) is 1. The quantitative estimate of drug-likeness (QED) is 0.791. The van der Waals surface area contributed by atoms with Crippen molar-refractivity contribution in [3.63, 3.8) is 0 Å². The third-order valence-electron chi connectivity index (χ3n) is 4.77. The first-order chi connectivity index (χ1) is 14.7. The van der Waals surface area contributed by atoms with E-state index < -0.39 is 5.60 Å². The van der Waals surface area contributed by atoms with Gasteiger partial charge in [-0.2, -0.15) is 0 Å². The number of anilines is 1. The van der Waals surface area contributed by atoms with E-state index in [0.29, 0.717) is 50.4 Å². The van der Waals surface area contributed by atoms with E-state index in [2.05, 4.69) is 10.3 Å². The van der Waals surface area contributed by atoms with Gasteiger partial charge >= 0.3 is 6.09 Å². The van der Waals surface area contributed by atoms with Crippen molar-refractivity contribution in [3.05, 3.63) is 48.5 Å². The zero-order valence-electron chi connectivity index (χ0n) is 18.2. The van der Waals surface area contributed by atoms with E-state index >= 15 is 0 Å². The van der Waals surface area contributed by atoms with Gasteiger partial charge in [-0.15, -0.1) is 0 Å². The Morgan fingerprint density at radius 2 is 1.81 bits per heavy atom. The summed E-state index contributed by atoms with van der Waals surface area (Å²) in [5.41, 5.74) is 0.528. The zero-order chi connectivity index (χ0) is 22.4. The summed E-state index contributed by atoms with van der Waals surface area (Å²) in [5, 5.41) is 2.83. The highest BCUT2D eigenvalue weighted by Gasteiger charge is 2.28. The molecule has 2 aromatic rings. The molecule has 1 fully saturated rings. The SMILES string of the molecule is CC(C)(C)OC(=O)N1CCN(C(=O)c2cccc(NC(=O)CCn3ccnc3)c2)CC1. The Balaban J connectivity index is 1.52. The van der Waals surface area contributed by atoms with Gasteiger partial charge in [-0.3, -0.25) is 9.59 Å². The summed E-state index contributed by atoms with van der Waals surface area (Å²) in [5.74, 6) is -0.261. The third-order valence-corrected chi connectivity index (χ3v) is 4.77. The fraction of sp³-hybridized carbons (Fsp3) is 0.455. The molecule has 0 saturated carbocycles. The summed E-state index contributed by atoms with van der Waals surface area (Å²) in [6.45, 7) is 7.72. The van der Waals surface area contributed by atoms with Crippen molar-refractivity contribution >= 4 is 23.6 Å². The molecular formula is C22H29N5O4. The van der Waals surface area contributed by atoms with Crippen LogP contribution in [0.4, 0.5) is 10.5 Å². The van der Waals surface area contributed by atoms with Crippen LogP contribution in [0.1, 0.15) is 37.6 Å². The lowest BCUT2D eigenvalue weighted by Gasteiger charge is -2.35. The van der Waals surface area contributed by atoms with Crippen LogP contribution in [0.2, 0.25) is 0 Å². The normalized spacial score (nSPS) is 14.3. The molecule has 1 aromatic heterocycles. The van der Waals surface area contributed by atoms with Crippen LogP contribution in [0.5, 0.6) is 0 Å². The Hall–Kier alpha value is -3.36.